The topological polar surface area (TPSA) is 83.1 Å². The summed E-state index contributed by atoms with van der Waals surface area (Å²) in [5.74, 6) is -0.102. The Balaban J connectivity index is 2.04. The molecule has 1 amide bonds. The van der Waals surface area contributed by atoms with Gasteiger partial charge in [-0.1, -0.05) is 12.1 Å². The van der Waals surface area contributed by atoms with Gasteiger partial charge in [-0.25, -0.2) is 4.79 Å². The first kappa shape index (κ1) is 19.1. The number of esters is 1. The zero-order valence-electron chi connectivity index (χ0n) is 15.1. The van der Waals surface area contributed by atoms with E-state index in [1.165, 1.54) is 33.5 Å². The smallest absolute Gasteiger partial charge is 0.338 e. The highest BCUT2D eigenvalue weighted by atomic mass is 16.5. The molecule has 0 radical (unpaired) electrons. The molecule has 0 aliphatic carbocycles. The second-order valence-electron chi connectivity index (χ2n) is 5.41. The molecule has 1 N–H and O–H groups in total. The van der Waals surface area contributed by atoms with Crippen LogP contribution in [0.15, 0.2) is 36.4 Å². The normalized spacial score (nSPS) is 10.0. The number of hydrogen-bond donors (Lipinski definition) is 1. The Morgan fingerprint density at radius 3 is 2.15 bits per heavy atom. The van der Waals surface area contributed by atoms with E-state index in [1.54, 1.807) is 6.07 Å². The van der Waals surface area contributed by atoms with Crippen molar-refractivity contribution in [1.29, 1.82) is 0 Å². The van der Waals surface area contributed by atoms with Gasteiger partial charge in [0.25, 0.3) is 5.91 Å². The zero-order chi connectivity index (χ0) is 19.1. The summed E-state index contributed by atoms with van der Waals surface area (Å²) in [6, 6.07) is 10.2. The van der Waals surface area contributed by atoms with Crippen LogP contribution in [0, 0.1) is 6.92 Å². The number of amides is 1. The third-order valence-electron chi connectivity index (χ3n) is 3.54. The van der Waals surface area contributed by atoms with Crippen molar-refractivity contribution in [2.24, 2.45) is 0 Å². The Kier molecular flexibility index (Phi) is 6.43. The number of carbonyl (C=O) groups excluding carboxylic acids is 2. The van der Waals surface area contributed by atoms with Crippen LogP contribution in [0.1, 0.15) is 15.9 Å². The van der Waals surface area contributed by atoms with E-state index in [9.17, 15) is 9.59 Å². The molecule has 26 heavy (non-hydrogen) atoms. The molecule has 0 bridgehead atoms. The first-order chi connectivity index (χ1) is 12.5. The zero-order valence-corrected chi connectivity index (χ0v) is 15.1. The van der Waals surface area contributed by atoms with Gasteiger partial charge in [0.15, 0.2) is 18.1 Å². The molecule has 7 heteroatoms. The predicted octanol–water partition coefficient (Wildman–Crippen LogP) is 2.82. The first-order valence-electron chi connectivity index (χ1n) is 7.82. The minimum Gasteiger partial charge on any atom is -0.493 e. The maximum absolute atomic E-state index is 12.2. The van der Waals surface area contributed by atoms with Gasteiger partial charge in [0.1, 0.15) is 0 Å². The molecule has 0 saturated carbocycles. The van der Waals surface area contributed by atoms with Crippen molar-refractivity contribution in [3.8, 4) is 17.2 Å². The molecule has 0 aromatic heterocycles. The van der Waals surface area contributed by atoms with E-state index < -0.39 is 18.5 Å². The Morgan fingerprint density at radius 1 is 0.962 bits per heavy atom. The number of rotatable bonds is 7. The summed E-state index contributed by atoms with van der Waals surface area (Å²) in [4.78, 5) is 24.2. The van der Waals surface area contributed by atoms with Crippen LogP contribution < -0.4 is 19.5 Å². The van der Waals surface area contributed by atoms with E-state index in [-0.39, 0.29) is 5.56 Å². The lowest BCUT2D eigenvalue weighted by atomic mass is 10.2. The Labute approximate surface area is 151 Å². The lowest BCUT2D eigenvalue weighted by Crippen LogP contribution is -2.21. The van der Waals surface area contributed by atoms with Crippen LogP contribution in [-0.4, -0.2) is 39.8 Å². The van der Waals surface area contributed by atoms with Gasteiger partial charge in [-0.3, -0.25) is 4.79 Å². The van der Waals surface area contributed by atoms with Crippen molar-refractivity contribution in [1.82, 2.24) is 0 Å². The summed E-state index contributed by atoms with van der Waals surface area (Å²) in [5, 5.41) is 2.67. The highest BCUT2D eigenvalue weighted by Gasteiger charge is 2.18. The van der Waals surface area contributed by atoms with E-state index in [1.807, 2.05) is 25.1 Å². The molecule has 0 atom stereocenters. The van der Waals surface area contributed by atoms with Crippen molar-refractivity contribution in [2.75, 3.05) is 33.3 Å². The molecule has 0 fully saturated rings. The van der Waals surface area contributed by atoms with Crippen LogP contribution in [0.25, 0.3) is 0 Å². The fraction of sp³-hybridized carbons (Fsp3) is 0.263. The van der Waals surface area contributed by atoms with Crippen molar-refractivity contribution in [3.63, 3.8) is 0 Å². The minimum absolute atomic E-state index is 0.183. The van der Waals surface area contributed by atoms with Crippen LogP contribution in [0.3, 0.4) is 0 Å². The molecule has 7 nitrogen and oxygen atoms in total. The molecule has 0 aliphatic rings. The second kappa shape index (κ2) is 8.75. The fourth-order valence-electron chi connectivity index (χ4n) is 2.33. The standard InChI is InChI=1S/C19H21NO6/c1-12-6-5-7-14(8-12)20-17(21)11-26-19(22)13-9-15(23-2)18(25-4)16(10-13)24-3/h5-10H,11H2,1-4H3,(H,20,21). The second-order valence-corrected chi connectivity index (χ2v) is 5.41. The SMILES string of the molecule is COc1cc(C(=O)OCC(=O)Nc2cccc(C)c2)cc(OC)c1OC. The van der Waals surface area contributed by atoms with Crippen molar-refractivity contribution >= 4 is 17.6 Å². The molecule has 0 heterocycles. The molecule has 2 aromatic carbocycles. The van der Waals surface area contributed by atoms with Crippen LogP contribution in [0.4, 0.5) is 5.69 Å². The highest BCUT2D eigenvalue weighted by molar-refractivity contribution is 5.96. The van der Waals surface area contributed by atoms with E-state index in [2.05, 4.69) is 5.32 Å². The van der Waals surface area contributed by atoms with Crippen LogP contribution in [-0.2, 0) is 9.53 Å². The van der Waals surface area contributed by atoms with Gasteiger partial charge >= 0.3 is 5.97 Å². The third kappa shape index (κ3) is 4.66. The van der Waals surface area contributed by atoms with E-state index in [4.69, 9.17) is 18.9 Å². The molecule has 0 unspecified atom stereocenters. The number of carbonyl (C=O) groups is 2. The number of anilines is 1. The molecule has 2 rings (SSSR count). The number of hydrogen-bond acceptors (Lipinski definition) is 6. The van der Waals surface area contributed by atoms with Gasteiger partial charge in [0.05, 0.1) is 26.9 Å². The minimum atomic E-state index is -0.677. The maximum Gasteiger partial charge on any atom is 0.338 e. The number of methoxy groups -OCH3 is 3. The summed E-state index contributed by atoms with van der Waals surface area (Å²) < 4.78 is 20.6. The van der Waals surface area contributed by atoms with Gasteiger partial charge in [-0.05, 0) is 36.8 Å². The molecule has 0 spiro atoms. The summed E-state index contributed by atoms with van der Waals surface area (Å²) in [7, 11) is 4.36. The molecule has 2 aromatic rings. The summed E-state index contributed by atoms with van der Waals surface area (Å²) in [6.07, 6.45) is 0. The molecular formula is C19H21NO6. The predicted molar refractivity (Wildman–Crippen MR) is 96.2 cm³/mol. The third-order valence-corrected chi connectivity index (χ3v) is 3.54. The van der Waals surface area contributed by atoms with Gasteiger partial charge < -0.3 is 24.3 Å². The average molecular weight is 359 g/mol. The van der Waals surface area contributed by atoms with Gasteiger partial charge in [-0.2, -0.15) is 0 Å². The first-order valence-corrected chi connectivity index (χ1v) is 7.82. The van der Waals surface area contributed by atoms with E-state index in [0.29, 0.717) is 22.9 Å². The Bertz CT molecular complexity index is 777. The quantitative estimate of drug-likeness (QED) is 0.766. The molecular weight excluding hydrogens is 338 g/mol. The lowest BCUT2D eigenvalue weighted by Gasteiger charge is -2.13. The van der Waals surface area contributed by atoms with E-state index >= 15 is 0 Å². The van der Waals surface area contributed by atoms with E-state index in [0.717, 1.165) is 5.56 Å². The largest absolute Gasteiger partial charge is 0.493 e. The molecule has 138 valence electrons. The van der Waals surface area contributed by atoms with Crippen LogP contribution >= 0.6 is 0 Å². The van der Waals surface area contributed by atoms with Crippen LogP contribution in [0.5, 0.6) is 17.2 Å². The van der Waals surface area contributed by atoms with Crippen molar-refractivity contribution < 1.29 is 28.5 Å². The monoisotopic (exact) mass is 359 g/mol. The van der Waals surface area contributed by atoms with Gasteiger partial charge in [0, 0.05) is 5.69 Å². The molecule has 0 aliphatic heterocycles. The number of aryl methyl sites for hydroxylation is 1. The van der Waals surface area contributed by atoms with Crippen molar-refractivity contribution in [3.05, 3.63) is 47.5 Å². The number of nitrogens with one attached hydrogen (secondary N) is 1. The van der Waals surface area contributed by atoms with Gasteiger partial charge in [0.2, 0.25) is 5.75 Å². The highest BCUT2D eigenvalue weighted by Crippen LogP contribution is 2.38. The number of benzene rings is 2. The Hall–Kier alpha value is -3.22. The van der Waals surface area contributed by atoms with Gasteiger partial charge in [-0.15, -0.1) is 0 Å². The Morgan fingerprint density at radius 2 is 1.62 bits per heavy atom. The van der Waals surface area contributed by atoms with Crippen molar-refractivity contribution in [2.45, 2.75) is 6.92 Å². The average Bonchev–Trinajstić information content (AvgIpc) is 2.64. The number of ether oxygens (including phenoxy) is 4. The summed E-state index contributed by atoms with van der Waals surface area (Å²) >= 11 is 0. The lowest BCUT2D eigenvalue weighted by molar-refractivity contribution is -0.119. The molecule has 0 saturated heterocycles. The maximum atomic E-state index is 12.2. The summed E-state index contributed by atoms with van der Waals surface area (Å²) in [5.41, 5.74) is 1.83. The fourth-order valence-corrected chi connectivity index (χ4v) is 2.33. The van der Waals surface area contributed by atoms with Crippen LogP contribution in [0.2, 0.25) is 0 Å². The summed E-state index contributed by atoms with van der Waals surface area (Å²) in [6.45, 7) is 1.50.